The van der Waals surface area contributed by atoms with Crippen molar-refractivity contribution in [1.82, 2.24) is 0 Å². The Morgan fingerprint density at radius 1 is 1.15 bits per heavy atom. The quantitative estimate of drug-likeness (QED) is 0.607. The summed E-state index contributed by atoms with van der Waals surface area (Å²) in [5.41, 5.74) is 0.817. The monoisotopic (exact) mass is 194 g/mol. The molecule has 0 saturated carbocycles. The maximum absolute atomic E-state index is 13.4. The van der Waals surface area contributed by atoms with Gasteiger partial charge in [0.25, 0.3) is 0 Å². The van der Waals surface area contributed by atoms with Crippen molar-refractivity contribution in [2.75, 3.05) is 0 Å². The third kappa shape index (κ3) is 1.52. The molecule has 0 saturated heterocycles. The second-order valence-electron chi connectivity index (χ2n) is 2.93. The van der Waals surface area contributed by atoms with Crippen molar-refractivity contribution < 1.29 is 4.39 Å². The normalized spacial score (nSPS) is 10.6. The van der Waals surface area contributed by atoms with E-state index in [1.54, 1.807) is 6.07 Å². The van der Waals surface area contributed by atoms with Gasteiger partial charge in [0.2, 0.25) is 0 Å². The minimum Gasteiger partial charge on any atom is -0.206 e. The summed E-state index contributed by atoms with van der Waals surface area (Å²) in [5, 5.41) is 1.55. The molecule has 0 atom stereocenters. The van der Waals surface area contributed by atoms with E-state index in [-0.39, 0.29) is 5.82 Å². The van der Waals surface area contributed by atoms with Crippen LogP contribution in [0.25, 0.3) is 10.8 Å². The standard InChI is InChI=1S/C11H8ClF/c12-7-8-5-9-3-1-2-4-10(9)11(13)6-8/h1-6H,7H2. The number of fused-ring (bicyclic) bond motifs is 1. The van der Waals surface area contributed by atoms with Crippen molar-refractivity contribution in [3.63, 3.8) is 0 Å². The fraction of sp³-hybridized carbons (Fsp3) is 0.0909. The highest BCUT2D eigenvalue weighted by molar-refractivity contribution is 6.17. The van der Waals surface area contributed by atoms with Crippen LogP contribution in [0.3, 0.4) is 0 Å². The van der Waals surface area contributed by atoms with E-state index >= 15 is 0 Å². The Hall–Kier alpha value is -1.08. The molecule has 0 heterocycles. The Morgan fingerprint density at radius 3 is 2.69 bits per heavy atom. The van der Waals surface area contributed by atoms with E-state index in [2.05, 4.69) is 0 Å². The average molecular weight is 195 g/mol. The van der Waals surface area contributed by atoms with Crippen molar-refractivity contribution in [2.24, 2.45) is 0 Å². The topological polar surface area (TPSA) is 0 Å². The van der Waals surface area contributed by atoms with Gasteiger partial charge >= 0.3 is 0 Å². The van der Waals surface area contributed by atoms with E-state index in [1.807, 2.05) is 24.3 Å². The summed E-state index contributed by atoms with van der Waals surface area (Å²) in [5.74, 6) is 0.149. The Labute approximate surface area is 80.9 Å². The molecule has 66 valence electrons. The molecule has 0 unspecified atom stereocenters. The van der Waals surface area contributed by atoms with Gasteiger partial charge < -0.3 is 0 Å². The fourth-order valence-electron chi connectivity index (χ4n) is 1.40. The number of benzene rings is 2. The molecule has 0 bridgehead atoms. The van der Waals surface area contributed by atoms with Crippen LogP contribution in [-0.2, 0) is 5.88 Å². The van der Waals surface area contributed by atoms with Gasteiger partial charge in [0.15, 0.2) is 0 Å². The van der Waals surface area contributed by atoms with E-state index in [4.69, 9.17) is 11.6 Å². The molecule has 0 N–H and O–H groups in total. The molecule has 13 heavy (non-hydrogen) atoms. The third-order valence-electron chi connectivity index (χ3n) is 2.03. The Bertz CT molecular complexity index is 437. The zero-order valence-electron chi connectivity index (χ0n) is 6.93. The van der Waals surface area contributed by atoms with Crippen molar-refractivity contribution in [2.45, 2.75) is 5.88 Å². The summed E-state index contributed by atoms with van der Waals surface area (Å²) in [4.78, 5) is 0. The molecule has 0 spiro atoms. The van der Waals surface area contributed by atoms with Crippen molar-refractivity contribution in [3.8, 4) is 0 Å². The van der Waals surface area contributed by atoms with Gasteiger partial charge in [-0.15, -0.1) is 11.6 Å². The lowest BCUT2D eigenvalue weighted by Gasteiger charge is -2.01. The van der Waals surface area contributed by atoms with Crippen LogP contribution in [0, 0.1) is 5.82 Å². The van der Waals surface area contributed by atoms with Crippen molar-refractivity contribution in [1.29, 1.82) is 0 Å². The largest absolute Gasteiger partial charge is 0.206 e. The SMILES string of the molecule is Fc1cc(CCl)cc2ccccc12. The fourth-order valence-corrected chi connectivity index (χ4v) is 1.55. The van der Waals surface area contributed by atoms with Crippen LogP contribution in [0.5, 0.6) is 0 Å². The summed E-state index contributed by atoms with van der Waals surface area (Å²) >= 11 is 5.63. The molecule has 0 aliphatic heterocycles. The Balaban J connectivity index is 2.77. The van der Waals surface area contributed by atoms with Gasteiger partial charge in [0.05, 0.1) is 0 Å². The number of rotatable bonds is 1. The van der Waals surface area contributed by atoms with Gasteiger partial charge in [-0.1, -0.05) is 24.3 Å². The zero-order valence-corrected chi connectivity index (χ0v) is 7.68. The predicted molar refractivity (Wildman–Crippen MR) is 53.5 cm³/mol. The van der Waals surface area contributed by atoms with Crippen LogP contribution < -0.4 is 0 Å². The minimum atomic E-state index is -0.200. The average Bonchev–Trinajstić information content (AvgIpc) is 2.18. The predicted octanol–water partition coefficient (Wildman–Crippen LogP) is 3.72. The van der Waals surface area contributed by atoms with Gasteiger partial charge in [-0.25, -0.2) is 4.39 Å². The Morgan fingerprint density at radius 2 is 1.92 bits per heavy atom. The number of hydrogen-bond donors (Lipinski definition) is 0. The van der Waals surface area contributed by atoms with E-state index in [9.17, 15) is 4.39 Å². The van der Waals surface area contributed by atoms with Crippen LogP contribution in [-0.4, -0.2) is 0 Å². The summed E-state index contributed by atoms with van der Waals surface area (Å²) in [6.45, 7) is 0. The van der Waals surface area contributed by atoms with Gasteiger partial charge in [-0.05, 0) is 23.1 Å². The van der Waals surface area contributed by atoms with E-state index < -0.39 is 0 Å². The maximum Gasteiger partial charge on any atom is 0.131 e. The first-order valence-corrected chi connectivity index (χ1v) is 4.58. The van der Waals surface area contributed by atoms with E-state index in [1.165, 1.54) is 6.07 Å². The molecule has 0 fully saturated rings. The third-order valence-corrected chi connectivity index (χ3v) is 2.33. The van der Waals surface area contributed by atoms with E-state index in [0.29, 0.717) is 11.3 Å². The van der Waals surface area contributed by atoms with Crippen LogP contribution in [0.1, 0.15) is 5.56 Å². The molecule has 2 heteroatoms. The first-order valence-electron chi connectivity index (χ1n) is 4.04. The number of alkyl halides is 1. The molecule has 0 aliphatic carbocycles. The molecule has 2 rings (SSSR count). The van der Waals surface area contributed by atoms with Gasteiger partial charge in [0, 0.05) is 11.3 Å². The van der Waals surface area contributed by atoms with Crippen LogP contribution in [0.4, 0.5) is 4.39 Å². The summed E-state index contributed by atoms with van der Waals surface area (Å²) < 4.78 is 13.4. The van der Waals surface area contributed by atoms with Crippen molar-refractivity contribution in [3.05, 3.63) is 47.8 Å². The highest BCUT2D eigenvalue weighted by Gasteiger charge is 2.01. The number of halogens is 2. The maximum atomic E-state index is 13.4. The lowest BCUT2D eigenvalue weighted by molar-refractivity contribution is 0.638. The van der Waals surface area contributed by atoms with Crippen LogP contribution in [0.15, 0.2) is 36.4 Å². The smallest absolute Gasteiger partial charge is 0.131 e. The second kappa shape index (κ2) is 3.35. The summed E-state index contributed by atoms with van der Waals surface area (Å²) in [6, 6.07) is 10.8. The lowest BCUT2D eigenvalue weighted by atomic mass is 10.1. The molecule has 2 aromatic carbocycles. The van der Waals surface area contributed by atoms with Crippen molar-refractivity contribution >= 4 is 22.4 Å². The minimum absolute atomic E-state index is 0.200. The summed E-state index contributed by atoms with van der Waals surface area (Å²) in [6.07, 6.45) is 0. The highest BCUT2D eigenvalue weighted by atomic mass is 35.5. The van der Waals surface area contributed by atoms with E-state index in [0.717, 1.165) is 10.9 Å². The molecule has 0 radical (unpaired) electrons. The molecule has 0 aromatic heterocycles. The summed E-state index contributed by atoms with van der Waals surface area (Å²) in [7, 11) is 0. The first kappa shape index (κ1) is 8.52. The Kier molecular flexibility index (Phi) is 2.19. The van der Waals surface area contributed by atoms with Gasteiger partial charge in [-0.2, -0.15) is 0 Å². The lowest BCUT2D eigenvalue weighted by Crippen LogP contribution is -1.84. The molecular weight excluding hydrogens is 187 g/mol. The van der Waals surface area contributed by atoms with Crippen LogP contribution in [0.2, 0.25) is 0 Å². The molecule has 0 aliphatic rings. The number of hydrogen-bond acceptors (Lipinski definition) is 0. The molecule has 0 amide bonds. The second-order valence-corrected chi connectivity index (χ2v) is 3.20. The molecule has 2 aromatic rings. The van der Waals surface area contributed by atoms with Crippen LogP contribution >= 0.6 is 11.6 Å². The first-order chi connectivity index (χ1) is 6.31. The van der Waals surface area contributed by atoms with Gasteiger partial charge in [-0.3, -0.25) is 0 Å². The van der Waals surface area contributed by atoms with Gasteiger partial charge in [0.1, 0.15) is 5.82 Å². The molecular formula is C11H8ClF. The molecule has 0 nitrogen and oxygen atoms in total. The highest BCUT2D eigenvalue weighted by Crippen LogP contribution is 2.20. The zero-order chi connectivity index (χ0) is 9.26.